The maximum Gasteiger partial charge on any atom is 0.0995 e. The molecule has 4 aromatic rings. The minimum Gasteiger partial charge on any atom is -0.297 e. The molecule has 4 nitrogen and oxygen atoms in total. The zero-order valence-corrected chi connectivity index (χ0v) is 18.1. The van der Waals surface area contributed by atoms with Gasteiger partial charge in [-0.25, -0.2) is 0 Å². The van der Waals surface area contributed by atoms with Crippen LogP contribution in [-0.2, 0) is 13.1 Å². The predicted octanol–water partition coefficient (Wildman–Crippen LogP) is 5.09. The summed E-state index contributed by atoms with van der Waals surface area (Å²) in [6.07, 6.45) is 1.86. The lowest BCUT2D eigenvalue weighted by molar-refractivity contribution is 0.122. The Balaban J connectivity index is 1.20. The van der Waals surface area contributed by atoms with Crippen LogP contribution in [0.3, 0.4) is 0 Å². The summed E-state index contributed by atoms with van der Waals surface area (Å²) in [5.41, 5.74) is 6.69. The lowest BCUT2D eigenvalue weighted by Gasteiger charge is -2.34. The summed E-state index contributed by atoms with van der Waals surface area (Å²) in [7, 11) is 0. The third-order valence-electron chi connectivity index (χ3n) is 6.30. The van der Waals surface area contributed by atoms with Gasteiger partial charge in [0.25, 0.3) is 0 Å². The summed E-state index contributed by atoms with van der Waals surface area (Å²) >= 11 is 0. The van der Waals surface area contributed by atoms with E-state index >= 15 is 0 Å². The van der Waals surface area contributed by atoms with E-state index in [1.54, 1.807) is 0 Å². The largest absolute Gasteiger partial charge is 0.297 e. The fourth-order valence-electron chi connectivity index (χ4n) is 4.50. The molecule has 0 saturated carbocycles. The van der Waals surface area contributed by atoms with E-state index in [-0.39, 0.29) is 0 Å². The highest BCUT2D eigenvalue weighted by atomic mass is 15.3. The minimum atomic E-state index is 0.788. The first-order valence-electron chi connectivity index (χ1n) is 11.2. The number of fused-ring (bicyclic) bond motifs is 1. The molecule has 5 rings (SSSR count). The Bertz CT molecular complexity index is 1240. The van der Waals surface area contributed by atoms with Crippen LogP contribution >= 0.6 is 0 Å². The number of hydrogen-bond donors (Lipinski definition) is 0. The average molecular weight is 419 g/mol. The molecule has 32 heavy (non-hydrogen) atoms. The topological polar surface area (TPSA) is 43.2 Å². The van der Waals surface area contributed by atoms with Gasteiger partial charge in [-0.2, -0.15) is 5.26 Å². The van der Waals surface area contributed by atoms with E-state index in [2.05, 4.69) is 75.5 Å². The van der Waals surface area contributed by atoms with Crippen LogP contribution in [0.1, 0.15) is 16.7 Å². The van der Waals surface area contributed by atoms with Gasteiger partial charge in [-0.05, 0) is 28.8 Å². The van der Waals surface area contributed by atoms with Crippen molar-refractivity contribution in [1.29, 1.82) is 5.26 Å². The Morgan fingerprint density at radius 1 is 0.750 bits per heavy atom. The Morgan fingerprint density at radius 3 is 2.25 bits per heavy atom. The van der Waals surface area contributed by atoms with Crippen LogP contribution in [0.4, 0.5) is 0 Å². The van der Waals surface area contributed by atoms with Crippen LogP contribution in [0, 0.1) is 11.3 Å². The third-order valence-corrected chi connectivity index (χ3v) is 6.30. The smallest absolute Gasteiger partial charge is 0.0995 e. The molecule has 158 valence electrons. The second kappa shape index (κ2) is 9.32. The molecular weight excluding hydrogens is 392 g/mol. The van der Waals surface area contributed by atoms with Crippen molar-refractivity contribution in [3.8, 4) is 17.2 Å². The molecule has 4 heteroatoms. The molecule has 1 aliphatic rings. The van der Waals surface area contributed by atoms with Crippen LogP contribution in [0.15, 0.2) is 85.1 Å². The normalized spacial score (nSPS) is 15.0. The highest BCUT2D eigenvalue weighted by Gasteiger charge is 2.18. The van der Waals surface area contributed by atoms with E-state index in [1.807, 2.05) is 30.5 Å². The second-order valence-electron chi connectivity index (χ2n) is 8.40. The molecule has 0 unspecified atom stereocenters. The molecule has 0 atom stereocenters. The van der Waals surface area contributed by atoms with Gasteiger partial charge in [0.15, 0.2) is 0 Å². The molecule has 0 radical (unpaired) electrons. The molecule has 3 aromatic carbocycles. The highest BCUT2D eigenvalue weighted by molar-refractivity contribution is 5.93. The van der Waals surface area contributed by atoms with Gasteiger partial charge in [-0.3, -0.25) is 14.8 Å². The van der Waals surface area contributed by atoms with Crippen molar-refractivity contribution in [2.75, 3.05) is 26.2 Å². The lowest BCUT2D eigenvalue weighted by Crippen LogP contribution is -2.45. The molecule has 1 aliphatic heterocycles. The molecule has 0 aliphatic carbocycles. The summed E-state index contributed by atoms with van der Waals surface area (Å²) in [5.74, 6) is 0. The zero-order valence-electron chi connectivity index (χ0n) is 18.1. The zero-order chi connectivity index (χ0) is 21.8. The summed E-state index contributed by atoms with van der Waals surface area (Å²) < 4.78 is 0. The van der Waals surface area contributed by atoms with Gasteiger partial charge in [0.1, 0.15) is 0 Å². The van der Waals surface area contributed by atoms with Crippen LogP contribution in [-0.4, -0.2) is 41.0 Å². The first kappa shape index (κ1) is 20.4. The van der Waals surface area contributed by atoms with Gasteiger partial charge < -0.3 is 0 Å². The maximum atomic E-state index is 9.32. The van der Waals surface area contributed by atoms with Gasteiger partial charge in [-0.15, -0.1) is 0 Å². The molecule has 0 bridgehead atoms. The van der Waals surface area contributed by atoms with Gasteiger partial charge >= 0.3 is 0 Å². The quantitative estimate of drug-likeness (QED) is 0.453. The predicted molar refractivity (Wildman–Crippen MR) is 129 cm³/mol. The number of nitriles is 1. The van der Waals surface area contributed by atoms with E-state index in [9.17, 15) is 5.26 Å². The number of hydrogen-bond acceptors (Lipinski definition) is 4. The van der Waals surface area contributed by atoms with E-state index < -0.39 is 0 Å². The number of benzene rings is 3. The Kier molecular flexibility index (Phi) is 5.93. The van der Waals surface area contributed by atoms with E-state index in [0.29, 0.717) is 0 Å². The van der Waals surface area contributed by atoms with Crippen LogP contribution in [0.2, 0.25) is 0 Å². The van der Waals surface area contributed by atoms with Crippen molar-refractivity contribution in [3.05, 3.63) is 102 Å². The number of piperazine rings is 1. The molecule has 0 N–H and O–H groups in total. The average Bonchev–Trinajstić information content (AvgIpc) is 2.86. The van der Waals surface area contributed by atoms with Gasteiger partial charge in [0.05, 0.1) is 17.1 Å². The van der Waals surface area contributed by atoms with Gasteiger partial charge in [-0.1, -0.05) is 66.7 Å². The Morgan fingerprint density at radius 2 is 1.47 bits per heavy atom. The molecule has 1 fully saturated rings. The number of pyridine rings is 1. The summed E-state index contributed by atoms with van der Waals surface area (Å²) in [5, 5.41) is 10.5. The molecule has 0 amide bonds. The second-order valence-corrected chi connectivity index (χ2v) is 8.40. The lowest BCUT2D eigenvalue weighted by atomic mass is 10.0. The number of rotatable bonds is 5. The molecule has 2 heterocycles. The Hall–Kier alpha value is -3.52. The first-order chi connectivity index (χ1) is 15.8. The molecule has 0 spiro atoms. The van der Waals surface area contributed by atoms with Gasteiger partial charge in [0.2, 0.25) is 0 Å². The fraction of sp³-hybridized carbons (Fsp3) is 0.214. The summed E-state index contributed by atoms with van der Waals surface area (Å²) in [6, 6.07) is 29.6. The van der Waals surface area contributed by atoms with Gasteiger partial charge in [0, 0.05) is 56.4 Å². The Labute approximate surface area is 189 Å². The van der Waals surface area contributed by atoms with E-state index in [0.717, 1.165) is 55.9 Å². The van der Waals surface area contributed by atoms with Crippen LogP contribution < -0.4 is 0 Å². The third kappa shape index (κ3) is 4.40. The number of nitrogens with zero attached hydrogens (tertiary/aromatic N) is 4. The minimum absolute atomic E-state index is 0.788. The number of aromatic nitrogens is 1. The van der Waals surface area contributed by atoms with Crippen molar-refractivity contribution >= 4 is 10.9 Å². The summed E-state index contributed by atoms with van der Waals surface area (Å²) in [6.45, 7) is 5.97. The molecular formula is C28H26N4. The van der Waals surface area contributed by atoms with Crippen LogP contribution in [0.5, 0.6) is 0 Å². The number of para-hydroxylation sites is 1. The molecule has 1 saturated heterocycles. The van der Waals surface area contributed by atoms with Crippen molar-refractivity contribution in [2.45, 2.75) is 13.1 Å². The van der Waals surface area contributed by atoms with Crippen molar-refractivity contribution in [1.82, 2.24) is 14.8 Å². The van der Waals surface area contributed by atoms with E-state index in [4.69, 9.17) is 0 Å². The fourth-order valence-corrected chi connectivity index (χ4v) is 4.50. The SMILES string of the molecule is N#Cc1ccccc1CN1CCN(Cc2ccc(-c3cccc4cccnc34)cc2)CC1. The maximum absolute atomic E-state index is 9.32. The summed E-state index contributed by atoms with van der Waals surface area (Å²) in [4.78, 5) is 9.55. The standard InChI is InChI=1S/C28H26N4/c29-19-25-5-1-2-6-26(25)21-32-17-15-31(16-18-32)20-22-10-12-23(13-11-22)27-9-3-7-24-8-4-14-30-28(24)27/h1-14H,15-18,20-21H2. The highest BCUT2D eigenvalue weighted by Crippen LogP contribution is 2.27. The van der Waals surface area contributed by atoms with Crippen molar-refractivity contribution in [3.63, 3.8) is 0 Å². The van der Waals surface area contributed by atoms with E-state index in [1.165, 1.54) is 22.1 Å². The molecule has 1 aromatic heterocycles. The van der Waals surface area contributed by atoms with Crippen LogP contribution in [0.25, 0.3) is 22.0 Å². The first-order valence-corrected chi connectivity index (χ1v) is 11.2. The van der Waals surface area contributed by atoms with Crippen molar-refractivity contribution in [2.24, 2.45) is 0 Å². The van der Waals surface area contributed by atoms with Crippen molar-refractivity contribution < 1.29 is 0 Å². The monoisotopic (exact) mass is 418 g/mol.